The lowest BCUT2D eigenvalue weighted by atomic mass is 9.93. The first-order chi connectivity index (χ1) is 9.31. The summed E-state index contributed by atoms with van der Waals surface area (Å²) in [7, 11) is 0. The molecular formula is C16H20ClNO. The number of hydrogen-bond acceptors (Lipinski definition) is 1. The minimum absolute atomic E-state index is 0.136. The van der Waals surface area contributed by atoms with Crippen molar-refractivity contribution in [2.24, 2.45) is 5.92 Å². The van der Waals surface area contributed by atoms with Crippen LogP contribution in [0.2, 0.25) is 0 Å². The molecule has 0 bridgehead atoms. The Morgan fingerprint density at radius 3 is 2.89 bits per heavy atom. The van der Waals surface area contributed by atoms with Gasteiger partial charge in [0.2, 0.25) is 5.91 Å². The first kappa shape index (κ1) is 14.1. The molecule has 2 rings (SSSR count). The highest BCUT2D eigenvalue weighted by molar-refractivity contribution is 6.17. The van der Waals surface area contributed by atoms with Crippen molar-refractivity contribution < 1.29 is 4.79 Å². The summed E-state index contributed by atoms with van der Waals surface area (Å²) in [6.07, 6.45) is 17.2. The van der Waals surface area contributed by atoms with Gasteiger partial charge in [0.1, 0.15) is 0 Å². The highest BCUT2D eigenvalue weighted by Crippen LogP contribution is 2.21. The van der Waals surface area contributed by atoms with Crippen LogP contribution < -0.4 is 0 Å². The van der Waals surface area contributed by atoms with E-state index >= 15 is 0 Å². The molecule has 2 aliphatic rings. The Bertz CT molecular complexity index is 428. The largest absolute Gasteiger partial charge is 0.339 e. The molecule has 0 saturated carbocycles. The topological polar surface area (TPSA) is 20.3 Å². The number of carbonyl (C=O) groups is 1. The SMILES string of the molecule is O=C(C=CC1C=CC=CC1=CCCCl)N1CCCC1. The number of alkyl halides is 1. The third kappa shape index (κ3) is 4.10. The Kier molecular flexibility index (Phi) is 5.46. The first-order valence-electron chi connectivity index (χ1n) is 6.89. The van der Waals surface area contributed by atoms with Crippen LogP contribution in [0, 0.1) is 5.92 Å². The number of amides is 1. The lowest BCUT2D eigenvalue weighted by Gasteiger charge is -2.15. The number of likely N-dealkylation sites (tertiary alicyclic amines) is 1. The van der Waals surface area contributed by atoms with Crippen LogP contribution in [0.25, 0.3) is 0 Å². The maximum Gasteiger partial charge on any atom is 0.246 e. The molecule has 0 aromatic rings. The molecule has 1 unspecified atom stereocenters. The summed E-state index contributed by atoms with van der Waals surface area (Å²) in [6.45, 7) is 1.80. The Hall–Kier alpha value is -1.28. The van der Waals surface area contributed by atoms with Crippen LogP contribution in [-0.4, -0.2) is 29.8 Å². The molecule has 1 aliphatic carbocycles. The highest BCUT2D eigenvalue weighted by atomic mass is 35.5. The Morgan fingerprint density at radius 2 is 2.16 bits per heavy atom. The molecule has 0 aromatic heterocycles. The normalized spacial score (nSPS) is 24.8. The number of halogens is 1. The van der Waals surface area contributed by atoms with E-state index in [1.54, 1.807) is 6.08 Å². The van der Waals surface area contributed by atoms with E-state index in [0.717, 1.165) is 32.4 Å². The zero-order chi connectivity index (χ0) is 13.5. The van der Waals surface area contributed by atoms with Crippen LogP contribution in [0.4, 0.5) is 0 Å². The van der Waals surface area contributed by atoms with Crippen LogP contribution in [0.15, 0.2) is 48.1 Å². The summed E-state index contributed by atoms with van der Waals surface area (Å²) in [5.74, 6) is 0.960. The van der Waals surface area contributed by atoms with Gasteiger partial charge in [-0.15, -0.1) is 11.6 Å². The van der Waals surface area contributed by atoms with Gasteiger partial charge in [-0.2, -0.15) is 0 Å². The molecule has 0 N–H and O–H groups in total. The second-order valence-electron chi connectivity index (χ2n) is 4.84. The second-order valence-corrected chi connectivity index (χ2v) is 5.22. The van der Waals surface area contributed by atoms with Crippen LogP contribution in [-0.2, 0) is 4.79 Å². The second kappa shape index (κ2) is 7.34. The molecule has 0 radical (unpaired) electrons. The summed E-state index contributed by atoms with van der Waals surface area (Å²) in [6, 6.07) is 0. The fourth-order valence-electron chi connectivity index (χ4n) is 2.40. The van der Waals surface area contributed by atoms with Gasteiger partial charge < -0.3 is 4.90 Å². The first-order valence-corrected chi connectivity index (χ1v) is 7.42. The fraction of sp³-hybridized carbons (Fsp3) is 0.438. The van der Waals surface area contributed by atoms with E-state index < -0.39 is 0 Å². The van der Waals surface area contributed by atoms with E-state index in [9.17, 15) is 4.79 Å². The molecule has 3 heteroatoms. The highest BCUT2D eigenvalue weighted by Gasteiger charge is 2.16. The fourth-order valence-corrected chi connectivity index (χ4v) is 2.51. The Morgan fingerprint density at radius 1 is 1.37 bits per heavy atom. The third-order valence-electron chi connectivity index (χ3n) is 3.46. The minimum Gasteiger partial charge on any atom is -0.339 e. The molecule has 1 atom stereocenters. The number of carbonyl (C=O) groups excluding carboxylic acids is 1. The molecule has 0 aromatic carbocycles. The van der Waals surface area contributed by atoms with Gasteiger partial charge >= 0.3 is 0 Å². The molecule has 1 fully saturated rings. The molecule has 1 saturated heterocycles. The molecule has 102 valence electrons. The minimum atomic E-state index is 0.136. The van der Waals surface area contributed by atoms with Gasteiger partial charge in [0, 0.05) is 31.0 Å². The van der Waals surface area contributed by atoms with Crippen LogP contribution >= 0.6 is 11.6 Å². The summed E-state index contributed by atoms with van der Waals surface area (Å²) in [4.78, 5) is 13.9. The predicted molar refractivity (Wildman–Crippen MR) is 80.1 cm³/mol. The van der Waals surface area contributed by atoms with E-state index in [2.05, 4.69) is 18.2 Å². The lowest BCUT2D eigenvalue weighted by molar-refractivity contribution is -0.125. The van der Waals surface area contributed by atoms with E-state index in [0.29, 0.717) is 5.88 Å². The molecule has 19 heavy (non-hydrogen) atoms. The maximum absolute atomic E-state index is 12.0. The number of rotatable bonds is 4. The molecular weight excluding hydrogens is 258 g/mol. The van der Waals surface area contributed by atoms with Crippen molar-refractivity contribution in [1.82, 2.24) is 4.90 Å². The van der Waals surface area contributed by atoms with Crippen molar-refractivity contribution >= 4 is 17.5 Å². The quantitative estimate of drug-likeness (QED) is 0.569. The zero-order valence-electron chi connectivity index (χ0n) is 11.1. The van der Waals surface area contributed by atoms with Crippen molar-refractivity contribution in [2.45, 2.75) is 19.3 Å². The Balaban J connectivity index is 1.97. The zero-order valence-corrected chi connectivity index (χ0v) is 11.9. The van der Waals surface area contributed by atoms with Gasteiger partial charge in [0.15, 0.2) is 0 Å². The molecule has 1 aliphatic heterocycles. The monoisotopic (exact) mass is 277 g/mol. The smallest absolute Gasteiger partial charge is 0.246 e. The maximum atomic E-state index is 12.0. The number of hydrogen-bond donors (Lipinski definition) is 0. The molecule has 2 nitrogen and oxygen atoms in total. The van der Waals surface area contributed by atoms with E-state index in [1.165, 1.54) is 5.57 Å². The van der Waals surface area contributed by atoms with Crippen LogP contribution in [0.3, 0.4) is 0 Å². The van der Waals surface area contributed by atoms with Gasteiger partial charge in [-0.25, -0.2) is 0 Å². The lowest BCUT2D eigenvalue weighted by Crippen LogP contribution is -2.25. The summed E-state index contributed by atoms with van der Waals surface area (Å²) >= 11 is 5.72. The van der Waals surface area contributed by atoms with E-state index in [-0.39, 0.29) is 11.8 Å². The van der Waals surface area contributed by atoms with Crippen LogP contribution in [0.1, 0.15) is 19.3 Å². The van der Waals surface area contributed by atoms with Gasteiger partial charge in [-0.05, 0) is 24.8 Å². The summed E-state index contributed by atoms with van der Waals surface area (Å²) < 4.78 is 0. The average Bonchev–Trinajstić information content (AvgIpc) is 2.97. The summed E-state index contributed by atoms with van der Waals surface area (Å²) in [5, 5.41) is 0. The van der Waals surface area contributed by atoms with Gasteiger partial charge in [-0.3, -0.25) is 4.79 Å². The molecule has 1 amide bonds. The third-order valence-corrected chi connectivity index (χ3v) is 3.67. The molecule has 1 heterocycles. The van der Waals surface area contributed by atoms with Crippen molar-refractivity contribution in [3.8, 4) is 0 Å². The summed E-state index contributed by atoms with van der Waals surface area (Å²) in [5.41, 5.74) is 1.22. The molecule has 0 spiro atoms. The van der Waals surface area contributed by atoms with E-state index in [1.807, 2.05) is 23.1 Å². The van der Waals surface area contributed by atoms with Crippen molar-refractivity contribution in [3.63, 3.8) is 0 Å². The number of allylic oxidation sites excluding steroid dienone is 7. The predicted octanol–water partition coefficient (Wildman–Crippen LogP) is 3.46. The van der Waals surface area contributed by atoms with Gasteiger partial charge in [0.05, 0.1) is 0 Å². The average molecular weight is 278 g/mol. The van der Waals surface area contributed by atoms with E-state index in [4.69, 9.17) is 11.6 Å². The number of nitrogens with zero attached hydrogens (tertiary/aromatic N) is 1. The standard InChI is InChI=1S/C16H20ClNO/c17-11-5-8-14-6-1-2-7-15(14)9-10-16(19)18-12-3-4-13-18/h1-2,6-10,15H,3-5,11-13H2. The van der Waals surface area contributed by atoms with Crippen LogP contribution in [0.5, 0.6) is 0 Å². The van der Waals surface area contributed by atoms with Gasteiger partial charge in [-0.1, -0.05) is 36.5 Å². The van der Waals surface area contributed by atoms with Gasteiger partial charge in [0.25, 0.3) is 0 Å². The van der Waals surface area contributed by atoms with Crippen molar-refractivity contribution in [1.29, 1.82) is 0 Å². The van der Waals surface area contributed by atoms with Crippen molar-refractivity contribution in [3.05, 3.63) is 48.1 Å². The Labute approximate surface area is 120 Å². The van der Waals surface area contributed by atoms with Crippen molar-refractivity contribution in [2.75, 3.05) is 19.0 Å².